The van der Waals surface area contributed by atoms with Gasteiger partial charge in [-0.1, -0.05) is 41.9 Å². The lowest BCUT2D eigenvalue weighted by Gasteiger charge is -2.32. The van der Waals surface area contributed by atoms with Crippen LogP contribution in [-0.2, 0) is 16.1 Å². The molecule has 0 bridgehead atoms. The topological polar surface area (TPSA) is 76.5 Å². The van der Waals surface area contributed by atoms with Gasteiger partial charge in [-0.3, -0.25) is 14.5 Å². The van der Waals surface area contributed by atoms with Crippen LogP contribution in [0.25, 0.3) is 0 Å². The van der Waals surface area contributed by atoms with E-state index in [4.69, 9.17) is 16.3 Å². The number of carbonyl (C=O) groups excluding carboxylic acids is 2. The fourth-order valence-corrected chi connectivity index (χ4v) is 3.40. The number of fused-ring (bicyclic) bond motifs is 1. The number of nitrogens with zero attached hydrogens (tertiary/aromatic N) is 3. The molecule has 2 heterocycles. The van der Waals surface area contributed by atoms with Crippen molar-refractivity contribution in [2.24, 2.45) is 0 Å². The van der Waals surface area contributed by atoms with Gasteiger partial charge in [0.2, 0.25) is 5.91 Å². The molecule has 1 unspecified atom stereocenters. The minimum atomic E-state index is -0.650. The van der Waals surface area contributed by atoms with E-state index < -0.39 is 6.10 Å². The van der Waals surface area contributed by atoms with Gasteiger partial charge >= 0.3 is 0 Å². The molecule has 0 saturated carbocycles. The number of amides is 2. The Bertz CT molecular complexity index is 1070. The second-order valence-electron chi connectivity index (χ2n) is 6.67. The summed E-state index contributed by atoms with van der Waals surface area (Å²) in [6.45, 7) is 1.96. The Hall–Kier alpha value is -3.32. The molecule has 0 aliphatic carbocycles. The zero-order valence-corrected chi connectivity index (χ0v) is 16.5. The van der Waals surface area contributed by atoms with E-state index in [0.717, 1.165) is 5.56 Å². The number of carbonyl (C=O) groups is 2. The van der Waals surface area contributed by atoms with Crippen molar-refractivity contribution in [3.8, 4) is 5.75 Å². The maximum atomic E-state index is 12.7. The van der Waals surface area contributed by atoms with Crippen molar-refractivity contribution in [3.63, 3.8) is 0 Å². The predicted octanol–water partition coefficient (Wildman–Crippen LogP) is 3.34. The highest BCUT2D eigenvalue weighted by Gasteiger charge is 2.32. The van der Waals surface area contributed by atoms with Crippen molar-refractivity contribution < 1.29 is 14.3 Å². The summed E-state index contributed by atoms with van der Waals surface area (Å²) in [6.07, 6.45) is 0.951. The lowest BCUT2D eigenvalue weighted by molar-refractivity contribution is -0.127. The van der Waals surface area contributed by atoms with Gasteiger partial charge in [0, 0.05) is 11.1 Å². The number of nitrogens with one attached hydrogen (secondary N) is 1. The molecule has 2 aromatic carbocycles. The molecule has 1 aromatic heterocycles. The molecule has 0 radical (unpaired) electrons. The molecular formula is C21H19ClN4O3. The predicted molar refractivity (Wildman–Crippen MR) is 110 cm³/mol. The fourth-order valence-electron chi connectivity index (χ4n) is 3.20. The Kier molecular flexibility index (Phi) is 5.22. The Balaban J connectivity index is 1.49. The van der Waals surface area contributed by atoms with E-state index in [1.165, 1.54) is 4.90 Å². The normalized spacial score (nSPS) is 15.6. The molecule has 29 heavy (non-hydrogen) atoms. The fraction of sp³-hybridized carbons (Fsp3) is 0.190. The van der Waals surface area contributed by atoms with Crippen molar-refractivity contribution in [2.75, 3.05) is 16.8 Å². The van der Waals surface area contributed by atoms with E-state index >= 15 is 0 Å². The Labute approximate surface area is 172 Å². The summed E-state index contributed by atoms with van der Waals surface area (Å²) >= 11 is 6.22. The van der Waals surface area contributed by atoms with Crippen LogP contribution in [-0.4, -0.2) is 34.2 Å². The number of ether oxygens (including phenoxy) is 1. The molecular weight excluding hydrogens is 392 g/mol. The van der Waals surface area contributed by atoms with Crippen LogP contribution in [0.3, 0.4) is 0 Å². The monoisotopic (exact) mass is 410 g/mol. The Morgan fingerprint density at radius 2 is 1.93 bits per heavy atom. The minimum Gasteiger partial charge on any atom is -0.479 e. The van der Waals surface area contributed by atoms with E-state index in [1.54, 1.807) is 48.1 Å². The molecule has 4 rings (SSSR count). The van der Waals surface area contributed by atoms with Crippen LogP contribution >= 0.6 is 11.6 Å². The van der Waals surface area contributed by atoms with Crippen molar-refractivity contribution in [1.82, 2.24) is 9.78 Å². The van der Waals surface area contributed by atoms with E-state index in [9.17, 15) is 9.59 Å². The van der Waals surface area contributed by atoms with Crippen molar-refractivity contribution >= 4 is 34.9 Å². The smallest absolute Gasteiger partial charge is 0.268 e. The van der Waals surface area contributed by atoms with E-state index in [-0.39, 0.29) is 18.4 Å². The molecule has 0 fully saturated rings. The third-order valence-electron chi connectivity index (χ3n) is 4.64. The molecule has 1 N–H and O–H groups in total. The molecule has 7 nitrogen and oxygen atoms in total. The third-order valence-corrected chi connectivity index (χ3v) is 5.01. The van der Waals surface area contributed by atoms with Crippen LogP contribution in [0.1, 0.15) is 12.5 Å². The van der Waals surface area contributed by atoms with Crippen LogP contribution in [0, 0.1) is 0 Å². The highest BCUT2D eigenvalue weighted by Crippen LogP contribution is 2.33. The summed E-state index contributed by atoms with van der Waals surface area (Å²) in [6, 6.07) is 16.3. The second-order valence-corrected chi connectivity index (χ2v) is 7.07. The van der Waals surface area contributed by atoms with Crippen LogP contribution in [0.4, 0.5) is 11.5 Å². The number of anilines is 2. The molecule has 0 spiro atoms. The van der Waals surface area contributed by atoms with Gasteiger partial charge in [0.25, 0.3) is 5.91 Å². The molecule has 0 saturated heterocycles. The van der Waals surface area contributed by atoms with Crippen molar-refractivity contribution in [2.45, 2.75) is 19.6 Å². The molecule has 1 aliphatic heterocycles. The lowest BCUT2D eigenvalue weighted by atomic mass is 10.2. The second kappa shape index (κ2) is 7.97. The van der Waals surface area contributed by atoms with E-state index in [1.807, 2.05) is 24.3 Å². The average molecular weight is 411 g/mol. The first-order valence-electron chi connectivity index (χ1n) is 9.15. The number of para-hydroxylation sites is 2. The number of halogens is 1. The van der Waals surface area contributed by atoms with Gasteiger partial charge in [-0.15, -0.1) is 0 Å². The van der Waals surface area contributed by atoms with E-state index in [0.29, 0.717) is 28.8 Å². The first-order valence-corrected chi connectivity index (χ1v) is 9.53. The quantitative estimate of drug-likeness (QED) is 0.699. The van der Waals surface area contributed by atoms with Gasteiger partial charge in [-0.2, -0.15) is 5.10 Å². The summed E-state index contributed by atoms with van der Waals surface area (Å²) in [5.74, 6) is 0.514. The molecule has 148 valence electrons. The Morgan fingerprint density at radius 1 is 1.17 bits per heavy atom. The van der Waals surface area contributed by atoms with E-state index in [2.05, 4.69) is 10.4 Å². The Morgan fingerprint density at radius 3 is 2.76 bits per heavy atom. The van der Waals surface area contributed by atoms with Crippen LogP contribution < -0.4 is 15.0 Å². The highest BCUT2D eigenvalue weighted by atomic mass is 35.5. The summed E-state index contributed by atoms with van der Waals surface area (Å²) < 4.78 is 7.26. The molecule has 8 heteroatoms. The first-order chi connectivity index (χ1) is 14.0. The lowest BCUT2D eigenvalue weighted by Crippen LogP contribution is -2.47. The zero-order valence-electron chi connectivity index (χ0n) is 15.7. The van der Waals surface area contributed by atoms with Gasteiger partial charge in [0.15, 0.2) is 6.10 Å². The number of benzene rings is 2. The summed E-state index contributed by atoms with van der Waals surface area (Å²) in [4.78, 5) is 26.7. The summed E-state index contributed by atoms with van der Waals surface area (Å²) in [5, 5.41) is 7.72. The zero-order chi connectivity index (χ0) is 20.4. The largest absolute Gasteiger partial charge is 0.479 e. The van der Waals surface area contributed by atoms with Crippen LogP contribution in [0.5, 0.6) is 5.75 Å². The maximum absolute atomic E-state index is 12.7. The highest BCUT2D eigenvalue weighted by molar-refractivity contribution is 6.31. The molecule has 3 aromatic rings. The number of hydrogen-bond acceptors (Lipinski definition) is 4. The van der Waals surface area contributed by atoms with Crippen molar-refractivity contribution in [3.05, 3.63) is 71.4 Å². The van der Waals surface area contributed by atoms with Gasteiger partial charge in [0.05, 0.1) is 18.4 Å². The molecule has 1 aliphatic rings. The maximum Gasteiger partial charge on any atom is 0.268 e. The van der Waals surface area contributed by atoms with Crippen molar-refractivity contribution in [1.29, 1.82) is 0 Å². The summed E-state index contributed by atoms with van der Waals surface area (Å²) in [7, 11) is 0. The molecule has 2 amide bonds. The average Bonchev–Trinajstić information content (AvgIpc) is 3.13. The number of hydrogen-bond donors (Lipinski definition) is 1. The SMILES string of the molecule is CC1Oc2ccccc2N(CC(=O)Nc2ccnn2Cc2ccccc2Cl)C1=O. The van der Waals surface area contributed by atoms with Crippen LogP contribution in [0.2, 0.25) is 5.02 Å². The van der Waals surface area contributed by atoms with Gasteiger partial charge in [0.1, 0.15) is 18.1 Å². The third kappa shape index (κ3) is 3.95. The number of aromatic nitrogens is 2. The summed E-state index contributed by atoms with van der Waals surface area (Å²) in [5.41, 5.74) is 1.47. The standard InChI is InChI=1S/C21H19ClN4O3/c1-14-21(28)25(17-8-4-5-9-18(17)29-14)13-20(27)24-19-10-11-23-26(19)12-15-6-2-3-7-16(15)22/h2-11,14H,12-13H2,1H3,(H,24,27). The van der Waals surface area contributed by atoms with Gasteiger partial charge in [-0.25, -0.2) is 4.68 Å². The van der Waals surface area contributed by atoms with Gasteiger partial charge in [-0.05, 0) is 30.7 Å². The first kappa shape index (κ1) is 19.0. The minimum absolute atomic E-state index is 0.124. The van der Waals surface area contributed by atoms with Crippen LogP contribution in [0.15, 0.2) is 60.8 Å². The van der Waals surface area contributed by atoms with Gasteiger partial charge < -0.3 is 10.1 Å². The molecule has 1 atom stereocenters. The number of rotatable bonds is 5.